The summed E-state index contributed by atoms with van der Waals surface area (Å²) in [6.07, 6.45) is 1.03. The van der Waals surface area contributed by atoms with E-state index in [1.54, 1.807) is 55.6 Å². The Labute approximate surface area is 169 Å². The van der Waals surface area contributed by atoms with Crippen LogP contribution in [0.25, 0.3) is 0 Å². The maximum absolute atomic E-state index is 12.3. The molecule has 2 aromatic rings. The van der Waals surface area contributed by atoms with Gasteiger partial charge in [-0.05, 0) is 54.5 Å². The van der Waals surface area contributed by atoms with E-state index < -0.39 is 5.91 Å². The van der Waals surface area contributed by atoms with Gasteiger partial charge in [-0.25, -0.2) is 0 Å². The molecule has 0 aromatic heterocycles. The van der Waals surface area contributed by atoms with Gasteiger partial charge in [-0.15, -0.1) is 0 Å². The molecule has 148 valence electrons. The van der Waals surface area contributed by atoms with Crippen LogP contribution in [0.4, 0.5) is 0 Å². The van der Waals surface area contributed by atoms with E-state index in [4.69, 9.17) is 21.7 Å². The molecule has 0 heterocycles. The van der Waals surface area contributed by atoms with Crippen molar-refractivity contribution in [1.82, 2.24) is 16.2 Å². The van der Waals surface area contributed by atoms with Gasteiger partial charge in [0.25, 0.3) is 5.91 Å². The van der Waals surface area contributed by atoms with Gasteiger partial charge >= 0.3 is 0 Å². The topological polar surface area (TPSA) is 88.7 Å². The zero-order valence-corrected chi connectivity index (χ0v) is 16.6. The van der Waals surface area contributed by atoms with Crippen LogP contribution in [0.3, 0.4) is 0 Å². The molecule has 0 radical (unpaired) electrons. The molecule has 3 N–H and O–H groups in total. The number of nitrogens with one attached hydrogen (secondary N) is 3. The highest BCUT2D eigenvalue weighted by molar-refractivity contribution is 7.80. The Balaban J connectivity index is 1.79. The quantitative estimate of drug-likeness (QED) is 0.488. The van der Waals surface area contributed by atoms with Gasteiger partial charge in [-0.2, -0.15) is 0 Å². The summed E-state index contributed by atoms with van der Waals surface area (Å²) in [4.78, 5) is 24.2. The van der Waals surface area contributed by atoms with Crippen molar-refractivity contribution in [3.8, 4) is 11.5 Å². The number of amides is 2. The van der Waals surface area contributed by atoms with E-state index in [2.05, 4.69) is 16.2 Å². The SMILES string of the molecule is CCCOc1cccc(C(=O)NC(=S)NNC(=O)Cc2ccc(OC)cc2)c1. The van der Waals surface area contributed by atoms with Crippen molar-refractivity contribution < 1.29 is 19.1 Å². The lowest BCUT2D eigenvalue weighted by Gasteiger charge is -2.11. The zero-order chi connectivity index (χ0) is 20.4. The lowest BCUT2D eigenvalue weighted by atomic mass is 10.1. The van der Waals surface area contributed by atoms with Crippen molar-refractivity contribution in [2.24, 2.45) is 0 Å². The lowest BCUT2D eigenvalue weighted by Crippen LogP contribution is -2.48. The van der Waals surface area contributed by atoms with Crippen LogP contribution in [-0.4, -0.2) is 30.6 Å². The molecule has 0 aliphatic rings. The molecule has 2 rings (SSSR count). The first kappa shape index (κ1) is 21.2. The summed E-state index contributed by atoms with van der Waals surface area (Å²) in [7, 11) is 1.58. The molecule has 2 aromatic carbocycles. The number of hydrogen-bond acceptors (Lipinski definition) is 5. The predicted molar refractivity (Wildman–Crippen MR) is 110 cm³/mol. The molecule has 0 saturated carbocycles. The van der Waals surface area contributed by atoms with E-state index >= 15 is 0 Å². The number of carbonyl (C=O) groups is 2. The summed E-state index contributed by atoms with van der Waals surface area (Å²) in [6.45, 7) is 2.58. The maximum Gasteiger partial charge on any atom is 0.257 e. The molecule has 0 fully saturated rings. The monoisotopic (exact) mass is 401 g/mol. The largest absolute Gasteiger partial charge is 0.497 e. The Bertz CT molecular complexity index is 824. The minimum absolute atomic E-state index is 0.00652. The second-order valence-corrected chi connectivity index (χ2v) is 6.27. The third kappa shape index (κ3) is 6.88. The minimum atomic E-state index is -0.399. The summed E-state index contributed by atoms with van der Waals surface area (Å²) in [5, 5.41) is 2.50. The maximum atomic E-state index is 12.3. The second-order valence-electron chi connectivity index (χ2n) is 5.86. The molecular formula is C20H23N3O4S. The van der Waals surface area contributed by atoms with Gasteiger partial charge < -0.3 is 9.47 Å². The number of methoxy groups -OCH3 is 1. The highest BCUT2D eigenvalue weighted by atomic mass is 32.1. The van der Waals surface area contributed by atoms with Crippen molar-refractivity contribution in [1.29, 1.82) is 0 Å². The van der Waals surface area contributed by atoms with Crippen molar-refractivity contribution >= 4 is 29.1 Å². The van der Waals surface area contributed by atoms with Gasteiger partial charge in [-0.1, -0.05) is 25.1 Å². The Morgan fingerprint density at radius 1 is 1.04 bits per heavy atom. The number of rotatable bonds is 7. The predicted octanol–water partition coefficient (Wildman–Crippen LogP) is 2.36. The van der Waals surface area contributed by atoms with Crippen LogP contribution in [0.1, 0.15) is 29.3 Å². The van der Waals surface area contributed by atoms with Crippen LogP contribution in [-0.2, 0) is 11.2 Å². The van der Waals surface area contributed by atoms with Gasteiger partial charge in [0.2, 0.25) is 5.91 Å². The van der Waals surface area contributed by atoms with Gasteiger partial charge in [0.05, 0.1) is 20.1 Å². The Morgan fingerprint density at radius 3 is 2.46 bits per heavy atom. The molecule has 0 aliphatic heterocycles. The van der Waals surface area contributed by atoms with Gasteiger partial charge in [-0.3, -0.25) is 25.8 Å². The summed E-state index contributed by atoms with van der Waals surface area (Å²) >= 11 is 5.04. The third-order valence-electron chi connectivity index (χ3n) is 3.64. The summed E-state index contributed by atoms with van der Waals surface area (Å²) in [5.41, 5.74) is 6.20. The number of hydrazine groups is 1. The molecule has 7 nitrogen and oxygen atoms in total. The van der Waals surface area contributed by atoms with Gasteiger partial charge in [0.15, 0.2) is 5.11 Å². The fourth-order valence-electron chi connectivity index (χ4n) is 2.25. The van der Waals surface area contributed by atoms with Crippen LogP contribution in [0, 0.1) is 0 Å². The van der Waals surface area contributed by atoms with Crippen molar-refractivity contribution in [3.05, 3.63) is 59.7 Å². The molecule has 0 aliphatic carbocycles. The van der Waals surface area contributed by atoms with Crippen LogP contribution >= 0.6 is 12.2 Å². The van der Waals surface area contributed by atoms with Gasteiger partial charge in [0, 0.05) is 5.56 Å². The average Bonchev–Trinajstić information content (AvgIpc) is 2.71. The summed E-state index contributed by atoms with van der Waals surface area (Å²) in [5.74, 6) is 0.636. The average molecular weight is 401 g/mol. The first-order valence-corrected chi connectivity index (χ1v) is 9.18. The third-order valence-corrected chi connectivity index (χ3v) is 3.84. The van der Waals surface area contributed by atoms with Crippen molar-refractivity contribution in [3.63, 3.8) is 0 Å². The summed E-state index contributed by atoms with van der Waals surface area (Å²) in [6, 6.07) is 13.9. The fraction of sp³-hybridized carbons (Fsp3) is 0.250. The van der Waals surface area contributed by atoms with E-state index in [1.165, 1.54) is 0 Å². The lowest BCUT2D eigenvalue weighted by molar-refractivity contribution is -0.121. The normalized spacial score (nSPS) is 9.93. The molecule has 28 heavy (non-hydrogen) atoms. The van der Waals surface area contributed by atoms with Crippen LogP contribution < -0.4 is 25.6 Å². The molecular weight excluding hydrogens is 378 g/mol. The smallest absolute Gasteiger partial charge is 0.257 e. The van der Waals surface area contributed by atoms with Crippen LogP contribution in [0.2, 0.25) is 0 Å². The molecule has 0 unspecified atom stereocenters. The van der Waals surface area contributed by atoms with Crippen LogP contribution in [0.5, 0.6) is 11.5 Å². The number of hydrogen-bond donors (Lipinski definition) is 3. The zero-order valence-electron chi connectivity index (χ0n) is 15.8. The molecule has 2 amide bonds. The number of thiocarbonyl (C=S) groups is 1. The fourth-order valence-corrected chi connectivity index (χ4v) is 2.40. The van der Waals surface area contributed by atoms with Crippen molar-refractivity contribution in [2.45, 2.75) is 19.8 Å². The van der Waals surface area contributed by atoms with E-state index in [9.17, 15) is 9.59 Å². The highest BCUT2D eigenvalue weighted by Gasteiger charge is 2.10. The molecule has 0 bridgehead atoms. The Kier molecular flexibility index (Phi) is 8.23. The van der Waals surface area contributed by atoms with Gasteiger partial charge in [0.1, 0.15) is 11.5 Å². The van der Waals surface area contributed by atoms with Crippen molar-refractivity contribution in [2.75, 3.05) is 13.7 Å². The number of ether oxygens (including phenoxy) is 2. The molecule has 0 atom stereocenters. The molecule has 0 saturated heterocycles. The highest BCUT2D eigenvalue weighted by Crippen LogP contribution is 2.13. The van der Waals surface area contributed by atoms with E-state index in [0.717, 1.165) is 17.7 Å². The molecule has 0 spiro atoms. The number of carbonyl (C=O) groups excluding carboxylic acids is 2. The van der Waals surface area contributed by atoms with Crippen LogP contribution in [0.15, 0.2) is 48.5 Å². The second kappa shape index (κ2) is 10.9. The standard InChI is InChI=1S/C20H23N3O4S/c1-3-11-27-17-6-4-5-15(13-17)19(25)21-20(28)23-22-18(24)12-14-7-9-16(26-2)10-8-14/h4-10,13H,3,11-12H2,1-2H3,(H,22,24)(H2,21,23,25,28). The first-order chi connectivity index (χ1) is 13.5. The Morgan fingerprint density at radius 2 is 1.79 bits per heavy atom. The van der Waals surface area contributed by atoms with E-state index in [0.29, 0.717) is 17.9 Å². The minimum Gasteiger partial charge on any atom is -0.497 e. The summed E-state index contributed by atoms with van der Waals surface area (Å²) < 4.78 is 10.6. The van der Waals surface area contributed by atoms with E-state index in [1.807, 2.05) is 6.92 Å². The first-order valence-electron chi connectivity index (χ1n) is 8.77. The number of benzene rings is 2. The Hall–Kier alpha value is -3.13. The van der Waals surface area contributed by atoms with E-state index in [-0.39, 0.29) is 17.4 Å². The molecule has 8 heteroatoms.